The standard InChI is InChI=1S/C19H31N3O2.HI/c1-4-23-17-10-13-22(14-11-17)19(20-3)21-12-7-15-24-18-9-6-5-8-16(18)2;/h5-6,8-9,17H,4,7,10-15H2,1-3H3,(H,20,21);1H. The summed E-state index contributed by atoms with van der Waals surface area (Å²) in [5.41, 5.74) is 1.18. The molecule has 25 heavy (non-hydrogen) atoms. The molecule has 142 valence electrons. The first kappa shape index (κ1) is 22.0. The first-order chi connectivity index (χ1) is 11.7. The molecule has 5 nitrogen and oxygen atoms in total. The summed E-state index contributed by atoms with van der Waals surface area (Å²) < 4.78 is 11.5. The van der Waals surface area contributed by atoms with Gasteiger partial charge in [-0.2, -0.15) is 0 Å². The van der Waals surface area contributed by atoms with Crippen molar-refractivity contribution in [3.05, 3.63) is 29.8 Å². The number of benzene rings is 1. The molecule has 6 heteroatoms. The highest BCUT2D eigenvalue weighted by molar-refractivity contribution is 14.0. The van der Waals surface area contributed by atoms with Gasteiger partial charge in [-0.1, -0.05) is 18.2 Å². The Balaban J connectivity index is 0.00000312. The molecule has 1 aromatic carbocycles. The van der Waals surface area contributed by atoms with Gasteiger partial charge in [-0.05, 0) is 44.7 Å². The Morgan fingerprint density at radius 3 is 2.64 bits per heavy atom. The van der Waals surface area contributed by atoms with Gasteiger partial charge in [0.15, 0.2) is 5.96 Å². The van der Waals surface area contributed by atoms with Crippen LogP contribution >= 0.6 is 24.0 Å². The lowest BCUT2D eigenvalue weighted by atomic mass is 10.1. The molecule has 1 aliphatic heterocycles. The number of rotatable bonds is 7. The lowest BCUT2D eigenvalue weighted by Crippen LogP contribution is -2.47. The van der Waals surface area contributed by atoms with E-state index in [1.54, 1.807) is 0 Å². The van der Waals surface area contributed by atoms with Crippen molar-refractivity contribution in [3.8, 4) is 5.75 Å². The number of nitrogens with zero attached hydrogens (tertiary/aromatic N) is 2. The van der Waals surface area contributed by atoms with Gasteiger partial charge in [-0.3, -0.25) is 4.99 Å². The number of para-hydroxylation sites is 1. The molecule has 0 unspecified atom stereocenters. The average Bonchev–Trinajstić information content (AvgIpc) is 2.61. The molecule has 0 aromatic heterocycles. The Morgan fingerprint density at radius 1 is 1.28 bits per heavy atom. The van der Waals surface area contributed by atoms with Gasteiger partial charge in [-0.25, -0.2) is 0 Å². The summed E-state index contributed by atoms with van der Waals surface area (Å²) in [5.74, 6) is 1.96. The van der Waals surface area contributed by atoms with Crippen molar-refractivity contribution in [2.75, 3.05) is 39.9 Å². The summed E-state index contributed by atoms with van der Waals surface area (Å²) in [7, 11) is 1.85. The monoisotopic (exact) mass is 461 g/mol. The molecule has 1 aromatic rings. The summed E-state index contributed by atoms with van der Waals surface area (Å²) >= 11 is 0. The normalized spacial score (nSPS) is 15.6. The number of likely N-dealkylation sites (tertiary alicyclic amines) is 1. The second-order valence-electron chi connectivity index (χ2n) is 6.08. The van der Waals surface area contributed by atoms with Gasteiger partial charge < -0.3 is 19.7 Å². The quantitative estimate of drug-likeness (QED) is 0.293. The number of aliphatic imine (C=N–C) groups is 1. The van der Waals surface area contributed by atoms with Gasteiger partial charge in [0, 0.05) is 33.3 Å². The topological polar surface area (TPSA) is 46.1 Å². The third kappa shape index (κ3) is 7.40. The van der Waals surface area contributed by atoms with E-state index in [4.69, 9.17) is 9.47 Å². The molecular formula is C19H32IN3O2. The predicted octanol–water partition coefficient (Wildman–Crippen LogP) is 3.46. The number of hydrogen-bond donors (Lipinski definition) is 1. The average molecular weight is 461 g/mol. The Morgan fingerprint density at radius 2 is 2.00 bits per heavy atom. The maximum Gasteiger partial charge on any atom is 0.193 e. The summed E-state index contributed by atoms with van der Waals surface area (Å²) in [4.78, 5) is 6.72. The number of nitrogens with one attached hydrogen (secondary N) is 1. The highest BCUT2D eigenvalue weighted by Gasteiger charge is 2.21. The van der Waals surface area contributed by atoms with Crippen LogP contribution in [-0.4, -0.2) is 56.9 Å². The van der Waals surface area contributed by atoms with Gasteiger partial charge in [0.25, 0.3) is 0 Å². The van der Waals surface area contributed by atoms with Crippen LogP contribution in [0.25, 0.3) is 0 Å². The fourth-order valence-electron chi connectivity index (χ4n) is 2.98. The minimum atomic E-state index is 0. The summed E-state index contributed by atoms with van der Waals surface area (Å²) in [6.45, 7) is 8.52. The van der Waals surface area contributed by atoms with Crippen LogP contribution in [-0.2, 0) is 4.74 Å². The maximum absolute atomic E-state index is 5.83. The van der Waals surface area contributed by atoms with Gasteiger partial charge >= 0.3 is 0 Å². The number of hydrogen-bond acceptors (Lipinski definition) is 3. The van der Waals surface area contributed by atoms with Gasteiger partial charge in [0.2, 0.25) is 0 Å². The molecule has 0 bridgehead atoms. The molecule has 1 aliphatic rings. The molecule has 1 fully saturated rings. The van der Waals surface area contributed by atoms with Crippen molar-refractivity contribution in [3.63, 3.8) is 0 Å². The van der Waals surface area contributed by atoms with Crippen molar-refractivity contribution in [2.24, 2.45) is 4.99 Å². The zero-order valence-corrected chi connectivity index (χ0v) is 18.0. The Hall–Kier alpha value is -1.02. The largest absolute Gasteiger partial charge is 0.493 e. The molecular weight excluding hydrogens is 429 g/mol. The molecule has 1 N–H and O–H groups in total. The van der Waals surface area contributed by atoms with Crippen LogP contribution in [0.15, 0.2) is 29.3 Å². The maximum atomic E-state index is 5.83. The van der Waals surface area contributed by atoms with E-state index in [0.717, 1.165) is 57.2 Å². The SMILES string of the molecule is CCOC1CCN(C(=NC)NCCCOc2ccccc2C)CC1.I. The third-order valence-electron chi connectivity index (χ3n) is 4.31. The minimum absolute atomic E-state index is 0. The van der Waals surface area contributed by atoms with E-state index in [0.29, 0.717) is 12.7 Å². The molecule has 0 atom stereocenters. The Kier molecular flexibility index (Phi) is 10.9. The van der Waals surface area contributed by atoms with Crippen LogP contribution in [0, 0.1) is 6.92 Å². The first-order valence-corrected chi connectivity index (χ1v) is 9.00. The van der Waals surface area contributed by atoms with E-state index in [2.05, 4.69) is 35.1 Å². The summed E-state index contributed by atoms with van der Waals surface area (Å²) in [6.07, 6.45) is 3.51. The number of halogens is 1. The molecule has 0 aliphatic carbocycles. The molecule has 1 heterocycles. The third-order valence-corrected chi connectivity index (χ3v) is 4.31. The van der Waals surface area contributed by atoms with E-state index in [1.165, 1.54) is 5.56 Å². The summed E-state index contributed by atoms with van der Waals surface area (Å²) in [6, 6.07) is 8.13. The lowest BCUT2D eigenvalue weighted by molar-refractivity contribution is 0.0264. The highest BCUT2D eigenvalue weighted by atomic mass is 127. The number of ether oxygens (including phenoxy) is 2. The molecule has 0 amide bonds. The van der Waals surface area contributed by atoms with Gasteiger partial charge in [-0.15, -0.1) is 24.0 Å². The van der Waals surface area contributed by atoms with Crippen molar-refractivity contribution in [1.29, 1.82) is 0 Å². The number of guanidine groups is 1. The smallest absolute Gasteiger partial charge is 0.193 e. The second-order valence-corrected chi connectivity index (χ2v) is 6.08. The first-order valence-electron chi connectivity index (χ1n) is 9.00. The predicted molar refractivity (Wildman–Crippen MR) is 114 cm³/mol. The van der Waals surface area contributed by atoms with E-state index in [9.17, 15) is 0 Å². The van der Waals surface area contributed by atoms with E-state index < -0.39 is 0 Å². The minimum Gasteiger partial charge on any atom is -0.493 e. The van der Waals surface area contributed by atoms with E-state index in [1.807, 2.05) is 25.2 Å². The summed E-state index contributed by atoms with van der Waals surface area (Å²) in [5, 5.41) is 3.44. The molecule has 2 rings (SSSR count). The van der Waals surface area contributed by atoms with Crippen LogP contribution in [0.2, 0.25) is 0 Å². The number of piperidine rings is 1. The fourth-order valence-corrected chi connectivity index (χ4v) is 2.98. The molecule has 0 spiro atoms. The van der Waals surface area contributed by atoms with Crippen LogP contribution in [0.5, 0.6) is 5.75 Å². The Labute approximate surface area is 169 Å². The van der Waals surface area contributed by atoms with Gasteiger partial charge in [0.05, 0.1) is 12.7 Å². The van der Waals surface area contributed by atoms with Crippen molar-refractivity contribution >= 4 is 29.9 Å². The molecule has 0 radical (unpaired) electrons. The van der Waals surface area contributed by atoms with Gasteiger partial charge in [0.1, 0.15) is 5.75 Å². The zero-order valence-electron chi connectivity index (χ0n) is 15.7. The van der Waals surface area contributed by atoms with Crippen molar-refractivity contribution < 1.29 is 9.47 Å². The van der Waals surface area contributed by atoms with Crippen molar-refractivity contribution in [1.82, 2.24) is 10.2 Å². The van der Waals surface area contributed by atoms with E-state index in [-0.39, 0.29) is 24.0 Å². The lowest BCUT2D eigenvalue weighted by Gasteiger charge is -2.34. The van der Waals surface area contributed by atoms with Crippen molar-refractivity contribution in [2.45, 2.75) is 39.2 Å². The van der Waals surface area contributed by atoms with E-state index >= 15 is 0 Å². The molecule has 0 saturated carbocycles. The highest BCUT2D eigenvalue weighted by Crippen LogP contribution is 2.16. The Bertz CT molecular complexity index is 517. The zero-order chi connectivity index (χ0) is 17.2. The fraction of sp³-hybridized carbons (Fsp3) is 0.632. The van der Waals surface area contributed by atoms with Crippen LogP contribution in [0.1, 0.15) is 31.7 Å². The number of aryl methyl sites for hydroxylation is 1. The van der Waals surface area contributed by atoms with Crippen LogP contribution < -0.4 is 10.1 Å². The van der Waals surface area contributed by atoms with Crippen LogP contribution in [0.4, 0.5) is 0 Å². The van der Waals surface area contributed by atoms with Crippen LogP contribution in [0.3, 0.4) is 0 Å². The second kappa shape index (κ2) is 12.4. The molecule has 1 saturated heterocycles.